The number of hydrogen-bond donors (Lipinski definition) is 1. The number of carbonyl (C=O) groups excluding carboxylic acids is 2. The third-order valence-electron chi connectivity index (χ3n) is 4.04. The van der Waals surface area contributed by atoms with Gasteiger partial charge in [0.1, 0.15) is 5.41 Å². The van der Waals surface area contributed by atoms with Gasteiger partial charge in [-0.3, -0.25) is 9.59 Å². The standard InChI is InChI=1S/C17H24N2O5/c1-17(2,16(21)19-7-9-24-10-8-19)15(20)18-12-5-6-13(22-3)14(11-12)23-4/h5-6,11H,7-10H2,1-4H3,(H,18,20). The van der Waals surface area contributed by atoms with Crippen LogP contribution in [-0.4, -0.2) is 57.2 Å². The van der Waals surface area contributed by atoms with E-state index < -0.39 is 5.41 Å². The summed E-state index contributed by atoms with van der Waals surface area (Å²) in [6.45, 7) is 5.26. The molecule has 0 atom stereocenters. The molecule has 1 aromatic rings. The van der Waals surface area contributed by atoms with Crippen LogP contribution in [0.4, 0.5) is 5.69 Å². The van der Waals surface area contributed by atoms with E-state index in [4.69, 9.17) is 14.2 Å². The van der Waals surface area contributed by atoms with E-state index in [2.05, 4.69) is 5.32 Å². The van der Waals surface area contributed by atoms with Crippen LogP contribution < -0.4 is 14.8 Å². The lowest BCUT2D eigenvalue weighted by Gasteiger charge is -2.33. The van der Waals surface area contributed by atoms with Crippen LogP contribution in [-0.2, 0) is 14.3 Å². The molecule has 0 saturated carbocycles. The summed E-state index contributed by atoms with van der Waals surface area (Å²) in [4.78, 5) is 26.9. The predicted molar refractivity (Wildman–Crippen MR) is 89.4 cm³/mol. The fourth-order valence-electron chi connectivity index (χ4n) is 2.46. The molecule has 132 valence electrons. The zero-order valence-electron chi connectivity index (χ0n) is 14.5. The smallest absolute Gasteiger partial charge is 0.239 e. The second-order valence-electron chi connectivity index (χ2n) is 6.05. The molecule has 0 aliphatic carbocycles. The molecule has 2 amide bonds. The van der Waals surface area contributed by atoms with E-state index in [-0.39, 0.29) is 11.8 Å². The van der Waals surface area contributed by atoms with Gasteiger partial charge in [0.2, 0.25) is 11.8 Å². The van der Waals surface area contributed by atoms with Crippen molar-refractivity contribution in [2.75, 3.05) is 45.8 Å². The van der Waals surface area contributed by atoms with Crippen LogP contribution in [0.25, 0.3) is 0 Å². The fourth-order valence-corrected chi connectivity index (χ4v) is 2.46. The number of ether oxygens (including phenoxy) is 3. The Balaban J connectivity index is 2.11. The molecule has 1 heterocycles. The molecular weight excluding hydrogens is 312 g/mol. The number of nitrogens with zero attached hydrogens (tertiary/aromatic N) is 1. The van der Waals surface area contributed by atoms with E-state index in [0.717, 1.165) is 0 Å². The predicted octanol–water partition coefficient (Wildman–Crippen LogP) is 1.53. The van der Waals surface area contributed by atoms with Crippen LogP contribution >= 0.6 is 0 Å². The molecule has 1 aliphatic heterocycles. The Morgan fingerprint density at radius 2 is 1.75 bits per heavy atom. The Bertz CT molecular complexity index is 609. The molecule has 0 spiro atoms. The van der Waals surface area contributed by atoms with Gasteiger partial charge in [0, 0.05) is 24.8 Å². The maximum absolute atomic E-state index is 12.6. The summed E-state index contributed by atoms with van der Waals surface area (Å²) >= 11 is 0. The number of nitrogens with one attached hydrogen (secondary N) is 1. The lowest BCUT2D eigenvalue weighted by molar-refractivity contribution is -0.149. The van der Waals surface area contributed by atoms with Crippen molar-refractivity contribution in [3.8, 4) is 11.5 Å². The molecule has 0 bridgehead atoms. The van der Waals surface area contributed by atoms with Gasteiger partial charge in [0.05, 0.1) is 27.4 Å². The summed E-state index contributed by atoms with van der Waals surface area (Å²) in [5.74, 6) is 0.502. The summed E-state index contributed by atoms with van der Waals surface area (Å²) in [5.41, 5.74) is -0.634. The number of methoxy groups -OCH3 is 2. The normalized spacial score (nSPS) is 14.9. The molecule has 1 aliphatic rings. The minimum Gasteiger partial charge on any atom is -0.493 e. The van der Waals surface area contributed by atoms with E-state index >= 15 is 0 Å². The number of hydrogen-bond acceptors (Lipinski definition) is 5. The number of carbonyl (C=O) groups is 2. The average Bonchev–Trinajstić information content (AvgIpc) is 2.61. The zero-order chi connectivity index (χ0) is 17.7. The van der Waals surface area contributed by atoms with Crippen molar-refractivity contribution < 1.29 is 23.8 Å². The summed E-state index contributed by atoms with van der Waals surface area (Å²) in [7, 11) is 3.07. The van der Waals surface area contributed by atoms with Crippen LogP contribution in [0, 0.1) is 5.41 Å². The van der Waals surface area contributed by atoms with Crippen LogP contribution in [0.1, 0.15) is 13.8 Å². The molecule has 24 heavy (non-hydrogen) atoms. The van der Waals surface area contributed by atoms with Gasteiger partial charge in [-0.15, -0.1) is 0 Å². The van der Waals surface area contributed by atoms with Gasteiger partial charge < -0.3 is 24.4 Å². The third kappa shape index (κ3) is 3.79. The maximum atomic E-state index is 12.6. The molecule has 1 fully saturated rings. The number of amides is 2. The highest BCUT2D eigenvalue weighted by Crippen LogP contribution is 2.31. The van der Waals surface area contributed by atoms with Crippen LogP contribution in [0.2, 0.25) is 0 Å². The molecule has 1 N–H and O–H groups in total. The van der Waals surface area contributed by atoms with Gasteiger partial charge >= 0.3 is 0 Å². The first-order valence-electron chi connectivity index (χ1n) is 7.80. The van der Waals surface area contributed by atoms with E-state index in [0.29, 0.717) is 43.5 Å². The number of morpholine rings is 1. The second-order valence-corrected chi connectivity index (χ2v) is 6.05. The summed E-state index contributed by atoms with van der Waals surface area (Å²) < 4.78 is 15.6. The van der Waals surface area contributed by atoms with Crippen LogP contribution in [0.5, 0.6) is 11.5 Å². The van der Waals surface area contributed by atoms with Gasteiger partial charge in [-0.05, 0) is 26.0 Å². The number of benzene rings is 1. The van der Waals surface area contributed by atoms with Gasteiger partial charge in [0.25, 0.3) is 0 Å². The number of rotatable bonds is 5. The van der Waals surface area contributed by atoms with Gasteiger partial charge in [0.15, 0.2) is 11.5 Å². The summed E-state index contributed by atoms with van der Waals surface area (Å²) in [6, 6.07) is 5.06. The lowest BCUT2D eigenvalue weighted by atomic mass is 9.90. The lowest BCUT2D eigenvalue weighted by Crippen LogP contribution is -2.51. The largest absolute Gasteiger partial charge is 0.493 e. The highest BCUT2D eigenvalue weighted by molar-refractivity contribution is 6.09. The molecule has 1 aromatic carbocycles. The van der Waals surface area contributed by atoms with Crippen molar-refractivity contribution in [3.63, 3.8) is 0 Å². The van der Waals surface area contributed by atoms with Crippen LogP contribution in [0.15, 0.2) is 18.2 Å². The van der Waals surface area contributed by atoms with Crippen molar-refractivity contribution in [1.82, 2.24) is 4.90 Å². The molecule has 2 rings (SSSR count). The van der Waals surface area contributed by atoms with Gasteiger partial charge in [-0.25, -0.2) is 0 Å². The van der Waals surface area contributed by atoms with Crippen molar-refractivity contribution in [3.05, 3.63) is 18.2 Å². The highest BCUT2D eigenvalue weighted by atomic mass is 16.5. The van der Waals surface area contributed by atoms with Crippen molar-refractivity contribution in [2.24, 2.45) is 5.41 Å². The highest BCUT2D eigenvalue weighted by Gasteiger charge is 2.39. The van der Waals surface area contributed by atoms with Crippen molar-refractivity contribution in [2.45, 2.75) is 13.8 Å². The Morgan fingerprint density at radius 1 is 1.12 bits per heavy atom. The zero-order valence-corrected chi connectivity index (χ0v) is 14.5. The second kappa shape index (κ2) is 7.53. The van der Waals surface area contributed by atoms with Gasteiger partial charge in [-0.2, -0.15) is 0 Å². The molecule has 7 nitrogen and oxygen atoms in total. The first-order valence-corrected chi connectivity index (χ1v) is 7.80. The van der Waals surface area contributed by atoms with E-state index in [1.807, 2.05) is 0 Å². The Hall–Kier alpha value is -2.28. The SMILES string of the molecule is COc1ccc(NC(=O)C(C)(C)C(=O)N2CCOCC2)cc1OC. The third-order valence-corrected chi connectivity index (χ3v) is 4.04. The quantitative estimate of drug-likeness (QED) is 0.825. The first kappa shape index (κ1) is 18.1. The molecule has 1 saturated heterocycles. The minimum absolute atomic E-state index is 0.205. The monoisotopic (exact) mass is 336 g/mol. The molecule has 7 heteroatoms. The maximum Gasteiger partial charge on any atom is 0.239 e. The van der Waals surface area contributed by atoms with Gasteiger partial charge in [-0.1, -0.05) is 0 Å². The molecule has 0 aromatic heterocycles. The minimum atomic E-state index is -1.18. The van der Waals surface area contributed by atoms with Crippen molar-refractivity contribution >= 4 is 17.5 Å². The van der Waals surface area contributed by atoms with E-state index in [9.17, 15) is 9.59 Å². The molecule has 0 radical (unpaired) electrons. The van der Waals surface area contributed by atoms with E-state index in [1.165, 1.54) is 7.11 Å². The summed E-state index contributed by atoms with van der Waals surface area (Å²) in [6.07, 6.45) is 0. The molecular formula is C17H24N2O5. The molecule has 0 unspecified atom stereocenters. The number of anilines is 1. The Labute approximate surface area is 141 Å². The van der Waals surface area contributed by atoms with Crippen LogP contribution in [0.3, 0.4) is 0 Å². The summed E-state index contributed by atoms with van der Waals surface area (Å²) in [5, 5.41) is 2.77. The average molecular weight is 336 g/mol. The van der Waals surface area contributed by atoms with E-state index in [1.54, 1.807) is 44.1 Å². The topological polar surface area (TPSA) is 77.1 Å². The fraction of sp³-hybridized carbons (Fsp3) is 0.529. The first-order chi connectivity index (χ1) is 11.4. The Kier molecular flexibility index (Phi) is 5.66. The van der Waals surface area contributed by atoms with Crippen molar-refractivity contribution in [1.29, 1.82) is 0 Å². The Morgan fingerprint density at radius 3 is 2.33 bits per heavy atom.